The summed E-state index contributed by atoms with van der Waals surface area (Å²) in [5.74, 6) is 0. The van der Waals surface area contributed by atoms with Crippen molar-refractivity contribution < 1.29 is 13.2 Å². The first-order chi connectivity index (χ1) is 9.13. The molecule has 8 heteroatoms. The molecule has 0 amide bonds. The van der Waals surface area contributed by atoms with E-state index in [0.29, 0.717) is 38.5 Å². The van der Waals surface area contributed by atoms with Crippen LogP contribution < -0.4 is 10.1 Å². The number of nitrogens with one attached hydrogen (secondary N) is 2. The molecule has 7 nitrogen and oxygen atoms in total. The summed E-state index contributed by atoms with van der Waals surface area (Å²) in [5, 5.41) is 4.66. The first-order valence-corrected chi connectivity index (χ1v) is 7.65. The molecule has 0 unspecified atom stereocenters. The molecule has 1 saturated heterocycles. The van der Waals surface area contributed by atoms with Crippen molar-refractivity contribution >= 4 is 15.7 Å². The highest BCUT2D eigenvalue weighted by Gasteiger charge is 2.22. The molecular formula is C11H18N4O3S. The Labute approximate surface area is 113 Å². The Hall–Kier alpha value is -1.22. The van der Waals surface area contributed by atoms with Crippen LogP contribution in [0.1, 0.15) is 6.92 Å². The largest absolute Gasteiger partial charge is 0.384 e. The molecule has 1 aliphatic heterocycles. The molecule has 1 aromatic rings. The maximum atomic E-state index is 12.3. The number of hydrogen-bond acceptors (Lipinski definition) is 6. The lowest BCUT2D eigenvalue weighted by Gasteiger charge is -2.27. The van der Waals surface area contributed by atoms with Crippen LogP contribution in [-0.4, -0.2) is 51.3 Å². The molecule has 0 aliphatic carbocycles. The van der Waals surface area contributed by atoms with Gasteiger partial charge in [-0.15, -0.1) is 4.83 Å². The van der Waals surface area contributed by atoms with Crippen molar-refractivity contribution in [2.75, 3.05) is 38.2 Å². The van der Waals surface area contributed by atoms with E-state index in [-0.39, 0.29) is 4.90 Å². The topological polar surface area (TPSA) is 83.6 Å². The molecule has 0 aromatic carbocycles. The molecule has 2 rings (SSSR count). The number of rotatable bonds is 5. The minimum absolute atomic E-state index is 0.156. The van der Waals surface area contributed by atoms with Gasteiger partial charge in [0.1, 0.15) is 4.90 Å². The summed E-state index contributed by atoms with van der Waals surface area (Å²) >= 11 is 0. The lowest BCUT2D eigenvalue weighted by atomic mass is 10.4. The second-order valence-corrected chi connectivity index (χ2v) is 5.73. The predicted molar refractivity (Wildman–Crippen MR) is 71.1 cm³/mol. The van der Waals surface area contributed by atoms with Crippen LogP contribution in [0.2, 0.25) is 0 Å². The first kappa shape index (κ1) is 14.2. The van der Waals surface area contributed by atoms with E-state index in [1.54, 1.807) is 17.3 Å². The van der Waals surface area contributed by atoms with E-state index in [9.17, 15) is 8.42 Å². The molecule has 106 valence electrons. The molecule has 0 atom stereocenters. The second kappa shape index (κ2) is 6.29. The van der Waals surface area contributed by atoms with E-state index < -0.39 is 10.0 Å². The number of hydrazine groups is 1. The van der Waals surface area contributed by atoms with Crippen LogP contribution in [0.25, 0.3) is 0 Å². The number of anilines is 1. The summed E-state index contributed by atoms with van der Waals surface area (Å²) in [6.07, 6.45) is 2.91. The highest BCUT2D eigenvalue weighted by Crippen LogP contribution is 2.19. The van der Waals surface area contributed by atoms with Gasteiger partial charge in [-0.05, 0) is 13.0 Å². The number of pyridine rings is 1. The fourth-order valence-electron chi connectivity index (χ4n) is 1.80. The summed E-state index contributed by atoms with van der Waals surface area (Å²) in [6.45, 7) is 4.67. The van der Waals surface area contributed by atoms with E-state index >= 15 is 0 Å². The van der Waals surface area contributed by atoms with Crippen LogP contribution in [-0.2, 0) is 14.8 Å². The summed E-state index contributed by atoms with van der Waals surface area (Å²) in [6, 6.07) is 1.65. The number of morpholine rings is 1. The van der Waals surface area contributed by atoms with Crippen LogP contribution >= 0.6 is 0 Å². The Balaban J connectivity index is 2.18. The molecule has 1 aromatic heterocycles. The quantitative estimate of drug-likeness (QED) is 0.795. The Morgan fingerprint density at radius 1 is 1.42 bits per heavy atom. The fraction of sp³-hybridized carbons (Fsp3) is 0.545. The highest BCUT2D eigenvalue weighted by molar-refractivity contribution is 7.89. The van der Waals surface area contributed by atoms with Gasteiger partial charge in [0, 0.05) is 32.0 Å². The lowest BCUT2D eigenvalue weighted by molar-refractivity contribution is 0.0272. The van der Waals surface area contributed by atoms with Crippen molar-refractivity contribution in [2.24, 2.45) is 0 Å². The van der Waals surface area contributed by atoms with Gasteiger partial charge in [0.15, 0.2) is 0 Å². The van der Waals surface area contributed by atoms with Gasteiger partial charge in [0.05, 0.1) is 18.9 Å². The molecule has 0 bridgehead atoms. The van der Waals surface area contributed by atoms with E-state index in [0.717, 1.165) is 0 Å². The summed E-state index contributed by atoms with van der Waals surface area (Å²) in [7, 11) is -3.62. The van der Waals surface area contributed by atoms with E-state index in [4.69, 9.17) is 4.74 Å². The number of aromatic nitrogens is 1. The lowest BCUT2D eigenvalue weighted by Crippen LogP contribution is -2.48. The molecule has 0 saturated carbocycles. The minimum atomic E-state index is -3.62. The number of sulfonamides is 1. The van der Waals surface area contributed by atoms with E-state index in [2.05, 4.69) is 15.1 Å². The number of hydrogen-bond donors (Lipinski definition) is 2. The Bertz CT molecular complexity index is 514. The summed E-state index contributed by atoms with van der Waals surface area (Å²) in [4.78, 5) is 6.60. The zero-order valence-electron chi connectivity index (χ0n) is 10.8. The zero-order valence-corrected chi connectivity index (χ0v) is 11.6. The number of nitrogens with zero attached hydrogens (tertiary/aromatic N) is 2. The average Bonchev–Trinajstić information content (AvgIpc) is 2.40. The average molecular weight is 286 g/mol. The standard InChI is InChI=1S/C11H18N4O3S/c1-2-13-10-3-4-12-9-11(10)19(16,17)14-15-5-7-18-8-6-15/h3-4,9,14H,2,5-8H2,1H3,(H,12,13). The van der Waals surface area contributed by atoms with Gasteiger partial charge in [-0.2, -0.15) is 0 Å². The number of ether oxygens (including phenoxy) is 1. The molecule has 0 radical (unpaired) electrons. The molecule has 2 heterocycles. The Morgan fingerprint density at radius 2 is 2.16 bits per heavy atom. The van der Waals surface area contributed by atoms with Gasteiger partial charge in [0.25, 0.3) is 10.0 Å². The maximum Gasteiger partial charge on any atom is 0.257 e. The van der Waals surface area contributed by atoms with Crippen LogP contribution in [0, 0.1) is 0 Å². The smallest absolute Gasteiger partial charge is 0.257 e. The van der Waals surface area contributed by atoms with Crippen molar-refractivity contribution in [1.29, 1.82) is 0 Å². The molecular weight excluding hydrogens is 268 g/mol. The molecule has 0 spiro atoms. The fourth-order valence-corrected chi connectivity index (χ4v) is 3.05. The monoisotopic (exact) mass is 286 g/mol. The third kappa shape index (κ3) is 3.63. The highest BCUT2D eigenvalue weighted by atomic mass is 32.2. The molecule has 19 heavy (non-hydrogen) atoms. The third-order valence-electron chi connectivity index (χ3n) is 2.70. The molecule has 2 N–H and O–H groups in total. The predicted octanol–water partition coefficient (Wildman–Crippen LogP) is 0.0389. The normalized spacial score (nSPS) is 17.3. The second-order valence-electron chi connectivity index (χ2n) is 4.10. The zero-order chi connectivity index (χ0) is 13.7. The van der Waals surface area contributed by atoms with Crippen LogP contribution in [0.15, 0.2) is 23.4 Å². The van der Waals surface area contributed by atoms with E-state index in [1.165, 1.54) is 6.20 Å². The SMILES string of the molecule is CCNc1ccncc1S(=O)(=O)NN1CCOCC1. The Morgan fingerprint density at radius 3 is 2.84 bits per heavy atom. The van der Waals surface area contributed by atoms with Crippen molar-refractivity contribution in [1.82, 2.24) is 14.8 Å². The maximum absolute atomic E-state index is 12.3. The van der Waals surface area contributed by atoms with Crippen molar-refractivity contribution in [3.05, 3.63) is 18.5 Å². The summed E-state index contributed by atoms with van der Waals surface area (Å²) in [5.41, 5.74) is 0.554. The van der Waals surface area contributed by atoms with Gasteiger partial charge >= 0.3 is 0 Å². The van der Waals surface area contributed by atoms with Gasteiger partial charge in [-0.3, -0.25) is 4.98 Å². The van der Waals surface area contributed by atoms with E-state index in [1.807, 2.05) is 6.92 Å². The first-order valence-electron chi connectivity index (χ1n) is 6.16. The van der Waals surface area contributed by atoms with Crippen molar-refractivity contribution in [3.63, 3.8) is 0 Å². The van der Waals surface area contributed by atoms with Gasteiger partial charge in [-0.25, -0.2) is 13.4 Å². The van der Waals surface area contributed by atoms with Crippen LogP contribution in [0.4, 0.5) is 5.69 Å². The summed E-state index contributed by atoms with van der Waals surface area (Å²) < 4.78 is 29.8. The van der Waals surface area contributed by atoms with Gasteiger partial charge in [-0.1, -0.05) is 0 Å². The molecule has 1 aliphatic rings. The van der Waals surface area contributed by atoms with Crippen LogP contribution in [0.3, 0.4) is 0 Å². The van der Waals surface area contributed by atoms with Gasteiger partial charge < -0.3 is 10.1 Å². The van der Waals surface area contributed by atoms with Crippen molar-refractivity contribution in [2.45, 2.75) is 11.8 Å². The van der Waals surface area contributed by atoms with Crippen LogP contribution in [0.5, 0.6) is 0 Å². The third-order valence-corrected chi connectivity index (χ3v) is 4.10. The van der Waals surface area contributed by atoms with Crippen molar-refractivity contribution in [3.8, 4) is 0 Å². The van der Waals surface area contributed by atoms with Gasteiger partial charge in [0.2, 0.25) is 0 Å². The minimum Gasteiger partial charge on any atom is -0.384 e. The molecule has 1 fully saturated rings. The Kier molecular flexibility index (Phi) is 4.70.